The number of nitrogens with two attached hydrogens (primary N) is 1. The molecule has 1 heterocycles. The molecule has 3 rings (SSSR count). The van der Waals surface area contributed by atoms with E-state index in [1.165, 1.54) is 31.2 Å². The van der Waals surface area contributed by atoms with Gasteiger partial charge in [0.05, 0.1) is 6.54 Å². The number of benzene rings is 1. The van der Waals surface area contributed by atoms with Gasteiger partial charge in [-0.3, -0.25) is 4.99 Å². The van der Waals surface area contributed by atoms with Crippen molar-refractivity contribution in [2.45, 2.75) is 50.0 Å². The second kappa shape index (κ2) is 7.54. The Morgan fingerprint density at radius 2 is 2.04 bits per heavy atom. The van der Waals surface area contributed by atoms with Gasteiger partial charge in [-0.25, -0.2) is 0 Å². The van der Waals surface area contributed by atoms with Crippen molar-refractivity contribution < 1.29 is 4.74 Å². The molecule has 2 aliphatic rings. The van der Waals surface area contributed by atoms with E-state index in [0.717, 1.165) is 31.1 Å². The van der Waals surface area contributed by atoms with Crippen LogP contribution in [-0.4, -0.2) is 31.8 Å². The zero-order valence-electron chi connectivity index (χ0n) is 13.6. The highest BCUT2D eigenvalue weighted by molar-refractivity contribution is 6.30. The number of ether oxygens (including phenoxy) is 1. The van der Waals surface area contributed by atoms with Gasteiger partial charge in [-0.2, -0.15) is 0 Å². The first-order valence-electron chi connectivity index (χ1n) is 8.58. The highest BCUT2D eigenvalue weighted by Gasteiger charge is 2.34. The van der Waals surface area contributed by atoms with Crippen LogP contribution < -0.4 is 11.1 Å². The summed E-state index contributed by atoms with van der Waals surface area (Å²) in [6.07, 6.45) is 6.87. The van der Waals surface area contributed by atoms with Gasteiger partial charge in [-0.15, -0.1) is 0 Å². The fourth-order valence-corrected chi connectivity index (χ4v) is 3.87. The number of hydrogen-bond acceptors (Lipinski definition) is 2. The van der Waals surface area contributed by atoms with Crippen LogP contribution in [0.1, 0.15) is 44.1 Å². The monoisotopic (exact) mass is 335 g/mol. The first-order valence-corrected chi connectivity index (χ1v) is 8.96. The van der Waals surface area contributed by atoms with E-state index in [1.807, 2.05) is 12.1 Å². The summed E-state index contributed by atoms with van der Waals surface area (Å²) in [5.41, 5.74) is 7.34. The van der Waals surface area contributed by atoms with Crippen LogP contribution in [0.3, 0.4) is 0 Å². The van der Waals surface area contributed by atoms with Gasteiger partial charge in [-0.1, -0.05) is 36.6 Å². The molecule has 1 saturated heterocycles. The van der Waals surface area contributed by atoms with E-state index >= 15 is 0 Å². The molecule has 126 valence electrons. The zero-order valence-corrected chi connectivity index (χ0v) is 14.3. The molecule has 0 radical (unpaired) electrons. The van der Waals surface area contributed by atoms with Gasteiger partial charge in [0.25, 0.3) is 0 Å². The SMILES string of the molecule is NC(=NCC1(c2cccc(Cl)c2)CCOCC1)NC1CCCC1. The Balaban J connectivity index is 1.73. The third-order valence-electron chi connectivity index (χ3n) is 5.15. The molecule has 23 heavy (non-hydrogen) atoms. The summed E-state index contributed by atoms with van der Waals surface area (Å²) >= 11 is 6.20. The molecule has 5 heteroatoms. The van der Waals surface area contributed by atoms with E-state index in [4.69, 9.17) is 22.1 Å². The van der Waals surface area contributed by atoms with Crippen LogP contribution in [-0.2, 0) is 10.2 Å². The van der Waals surface area contributed by atoms with Crippen LogP contribution in [0.25, 0.3) is 0 Å². The molecule has 0 bridgehead atoms. The van der Waals surface area contributed by atoms with Crippen molar-refractivity contribution in [3.63, 3.8) is 0 Å². The fourth-order valence-electron chi connectivity index (χ4n) is 3.68. The highest BCUT2D eigenvalue weighted by Crippen LogP contribution is 2.36. The molecule has 0 unspecified atom stereocenters. The Morgan fingerprint density at radius 1 is 1.30 bits per heavy atom. The lowest BCUT2D eigenvalue weighted by Crippen LogP contribution is -2.41. The van der Waals surface area contributed by atoms with Gasteiger partial charge in [-0.05, 0) is 43.4 Å². The number of halogens is 1. The molecule has 1 aliphatic heterocycles. The summed E-state index contributed by atoms with van der Waals surface area (Å²) in [7, 11) is 0. The van der Waals surface area contributed by atoms with Crippen molar-refractivity contribution in [1.29, 1.82) is 0 Å². The van der Waals surface area contributed by atoms with Gasteiger partial charge in [0.2, 0.25) is 0 Å². The summed E-state index contributed by atoms with van der Waals surface area (Å²) in [5, 5.41) is 4.14. The average Bonchev–Trinajstić information content (AvgIpc) is 3.07. The summed E-state index contributed by atoms with van der Waals surface area (Å²) in [6.45, 7) is 2.21. The van der Waals surface area contributed by atoms with Crippen molar-refractivity contribution in [3.05, 3.63) is 34.9 Å². The van der Waals surface area contributed by atoms with Crippen molar-refractivity contribution in [1.82, 2.24) is 5.32 Å². The van der Waals surface area contributed by atoms with Crippen LogP contribution in [0.2, 0.25) is 5.02 Å². The largest absolute Gasteiger partial charge is 0.381 e. The second-order valence-corrected chi connectivity index (χ2v) is 7.17. The van der Waals surface area contributed by atoms with Gasteiger partial charge in [0.1, 0.15) is 0 Å². The average molecular weight is 336 g/mol. The molecule has 4 nitrogen and oxygen atoms in total. The maximum Gasteiger partial charge on any atom is 0.188 e. The number of aliphatic imine (C=N–C) groups is 1. The number of guanidine groups is 1. The molecule has 0 aromatic heterocycles. The molecule has 1 saturated carbocycles. The number of rotatable bonds is 4. The molecule has 2 fully saturated rings. The normalized spacial score (nSPS) is 22.2. The Bertz CT molecular complexity index is 549. The quantitative estimate of drug-likeness (QED) is 0.656. The molecule has 1 aliphatic carbocycles. The van der Waals surface area contributed by atoms with Gasteiger partial charge < -0.3 is 15.8 Å². The molecule has 0 spiro atoms. The van der Waals surface area contributed by atoms with Crippen molar-refractivity contribution in [2.24, 2.45) is 10.7 Å². The number of hydrogen-bond donors (Lipinski definition) is 2. The lowest BCUT2D eigenvalue weighted by atomic mass is 9.74. The molecule has 1 aromatic rings. The van der Waals surface area contributed by atoms with Gasteiger partial charge >= 0.3 is 0 Å². The lowest BCUT2D eigenvalue weighted by Gasteiger charge is -2.36. The Morgan fingerprint density at radius 3 is 2.74 bits per heavy atom. The van der Waals surface area contributed by atoms with Crippen molar-refractivity contribution in [3.8, 4) is 0 Å². The molecular formula is C18H26ClN3O. The van der Waals surface area contributed by atoms with Gasteiger partial charge in [0, 0.05) is 29.7 Å². The summed E-state index contributed by atoms with van der Waals surface area (Å²) in [4.78, 5) is 4.67. The molecular weight excluding hydrogens is 310 g/mol. The van der Waals surface area contributed by atoms with E-state index in [1.54, 1.807) is 0 Å². The third kappa shape index (κ3) is 4.18. The van der Waals surface area contributed by atoms with Crippen LogP contribution in [0, 0.1) is 0 Å². The maximum atomic E-state index is 6.20. The first kappa shape index (κ1) is 16.6. The Labute approximate surface area is 143 Å². The molecule has 0 atom stereocenters. The van der Waals surface area contributed by atoms with E-state index in [0.29, 0.717) is 18.5 Å². The minimum atomic E-state index is -0.0227. The predicted molar refractivity (Wildman–Crippen MR) is 95.1 cm³/mol. The van der Waals surface area contributed by atoms with Crippen LogP contribution in [0.15, 0.2) is 29.3 Å². The zero-order chi connectivity index (χ0) is 16.1. The van der Waals surface area contributed by atoms with E-state index in [2.05, 4.69) is 22.4 Å². The molecule has 0 amide bonds. The highest BCUT2D eigenvalue weighted by atomic mass is 35.5. The third-order valence-corrected chi connectivity index (χ3v) is 5.38. The maximum absolute atomic E-state index is 6.20. The van der Waals surface area contributed by atoms with Crippen molar-refractivity contribution in [2.75, 3.05) is 19.8 Å². The molecule has 3 N–H and O–H groups in total. The standard InChI is InChI=1S/C18H26ClN3O/c19-15-5-3-4-14(12-15)18(8-10-23-11-9-18)13-21-17(20)22-16-6-1-2-7-16/h3-5,12,16H,1-2,6-11,13H2,(H3,20,21,22). The summed E-state index contributed by atoms with van der Waals surface area (Å²) < 4.78 is 5.56. The van der Waals surface area contributed by atoms with Crippen LogP contribution in [0.5, 0.6) is 0 Å². The molecule has 1 aromatic carbocycles. The Hall–Kier alpha value is -1.26. The summed E-state index contributed by atoms with van der Waals surface area (Å²) in [6, 6.07) is 8.63. The Kier molecular flexibility index (Phi) is 5.44. The topological polar surface area (TPSA) is 59.6 Å². The van der Waals surface area contributed by atoms with Crippen molar-refractivity contribution >= 4 is 17.6 Å². The lowest BCUT2D eigenvalue weighted by molar-refractivity contribution is 0.0531. The second-order valence-electron chi connectivity index (χ2n) is 6.73. The number of nitrogens with one attached hydrogen (secondary N) is 1. The van der Waals surface area contributed by atoms with Crippen LogP contribution >= 0.6 is 11.6 Å². The van der Waals surface area contributed by atoms with E-state index in [-0.39, 0.29) is 5.41 Å². The van der Waals surface area contributed by atoms with E-state index in [9.17, 15) is 0 Å². The van der Waals surface area contributed by atoms with Crippen LogP contribution in [0.4, 0.5) is 0 Å². The number of nitrogens with zero attached hydrogens (tertiary/aromatic N) is 1. The smallest absolute Gasteiger partial charge is 0.188 e. The minimum absolute atomic E-state index is 0.0227. The van der Waals surface area contributed by atoms with Gasteiger partial charge in [0.15, 0.2) is 5.96 Å². The minimum Gasteiger partial charge on any atom is -0.381 e. The fraction of sp³-hybridized carbons (Fsp3) is 0.611. The summed E-state index contributed by atoms with van der Waals surface area (Å²) in [5.74, 6) is 0.574. The predicted octanol–water partition coefficient (Wildman–Crippen LogP) is 3.24. The first-order chi connectivity index (χ1) is 11.2. The van der Waals surface area contributed by atoms with E-state index < -0.39 is 0 Å².